The van der Waals surface area contributed by atoms with E-state index >= 15 is 0 Å². The number of hydrogen-bond acceptors (Lipinski definition) is 5. The molecule has 6 nitrogen and oxygen atoms in total. The van der Waals surface area contributed by atoms with E-state index in [1.165, 1.54) is 12.8 Å². The lowest BCUT2D eigenvalue weighted by Gasteiger charge is -2.26. The lowest BCUT2D eigenvalue weighted by molar-refractivity contribution is 0.576. The fourth-order valence-electron chi connectivity index (χ4n) is 2.93. The maximum absolute atomic E-state index is 4.51. The molecule has 1 aliphatic heterocycles. The van der Waals surface area contributed by atoms with Crippen LogP contribution < -0.4 is 10.2 Å². The molecule has 1 N–H and O–H groups in total. The van der Waals surface area contributed by atoms with Crippen LogP contribution in [0.5, 0.6) is 0 Å². The van der Waals surface area contributed by atoms with Crippen molar-refractivity contribution in [1.82, 2.24) is 25.1 Å². The summed E-state index contributed by atoms with van der Waals surface area (Å²) in [4.78, 5) is 11.2. The number of nitrogens with one attached hydrogen (secondary N) is 1. The van der Waals surface area contributed by atoms with Crippen molar-refractivity contribution in [3.8, 4) is 0 Å². The number of aromatic nitrogens is 4. The van der Waals surface area contributed by atoms with Crippen LogP contribution in [0.4, 0.5) is 5.82 Å². The van der Waals surface area contributed by atoms with Crippen molar-refractivity contribution in [2.45, 2.75) is 32.2 Å². The molecule has 0 amide bonds. The third-order valence-electron chi connectivity index (χ3n) is 3.90. The van der Waals surface area contributed by atoms with Crippen LogP contribution >= 0.6 is 0 Å². The van der Waals surface area contributed by atoms with Crippen molar-refractivity contribution in [2.24, 2.45) is 7.05 Å². The van der Waals surface area contributed by atoms with Gasteiger partial charge in [0.2, 0.25) is 0 Å². The van der Waals surface area contributed by atoms with Gasteiger partial charge in [-0.3, -0.25) is 4.68 Å². The minimum atomic E-state index is 0.572. The van der Waals surface area contributed by atoms with Gasteiger partial charge in [0.05, 0.1) is 11.6 Å². The van der Waals surface area contributed by atoms with Gasteiger partial charge in [0.15, 0.2) is 5.65 Å². The van der Waals surface area contributed by atoms with Crippen molar-refractivity contribution < 1.29 is 0 Å². The highest BCUT2D eigenvalue weighted by atomic mass is 15.3. The highest BCUT2D eigenvalue weighted by molar-refractivity contribution is 5.86. The van der Waals surface area contributed by atoms with Crippen LogP contribution in [-0.2, 0) is 7.05 Å². The van der Waals surface area contributed by atoms with E-state index in [2.05, 4.69) is 32.2 Å². The molecule has 2 aromatic heterocycles. The Balaban J connectivity index is 1.91. The first kappa shape index (κ1) is 13.3. The number of nitrogens with zero attached hydrogens (tertiary/aromatic N) is 5. The molecule has 1 unspecified atom stereocenters. The van der Waals surface area contributed by atoms with Gasteiger partial charge >= 0.3 is 0 Å². The monoisotopic (exact) mass is 274 g/mol. The molecule has 1 atom stereocenters. The second-order valence-electron chi connectivity index (χ2n) is 5.44. The quantitative estimate of drug-likeness (QED) is 0.891. The van der Waals surface area contributed by atoms with Crippen LogP contribution in [0.15, 0.2) is 12.5 Å². The van der Waals surface area contributed by atoms with Crippen molar-refractivity contribution in [3.63, 3.8) is 0 Å². The Morgan fingerprint density at radius 3 is 3.10 bits per heavy atom. The van der Waals surface area contributed by atoms with Gasteiger partial charge < -0.3 is 10.2 Å². The lowest BCUT2D eigenvalue weighted by Crippen LogP contribution is -2.38. The van der Waals surface area contributed by atoms with E-state index in [-0.39, 0.29) is 0 Å². The van der Waals surface area contributed by atoms with Crippen molar-refractivity contribution >= 4 is 16.9 Å². The van der Waals surface area contributed by atoms with Crippen LogP contribution in [-0.4, -0.2) is 45.4 Å². The zero-order chi connectivity index (χ0) is 13.9. The smallest absolute Gasteiger partial charge is 0.163 e. The molecule has 0 radical (unpaired) electrons. The van der Waals surface area contributed by atoms with Crippen LogP contribution in [0.1, 0.15) is 26.2 Å². The Labute approximate surface area is 119 Å². The maximum atomic E-state index is 4.51. The van der Waals surface area contributed by atoms with E-state index in [1.54, 1.807) is 11.0 Å². The zero-order valence-corrected chi connectivity index (χ0v) is 12.2. The van der Waals surface area contributed by atoms with Crippen molar-refractivity contribution in [3.05, 3.63) is 12.5 Å². The topological polar surface area (TPSA) is 58.9 Å². The summed E-state index contributed by atoms with van der Waals surface area (Å²) in [6, 6.07) is 0.572. The van der Waals surface area contributed by atoms with E-state index in [0.29, 0.717) is 6.04 Å². The second kappa shape index (κ2) is 5.75. The Kier molecular flexibility index (Phi) is 3.82. The molecular formula is C14H22N6. The van der Waals surface area contributed by atoms with Gasteiger partial charge in [-0.05, 0) is 25.8 Å². The largest absolute Gasteiger partial charge is 0.354 e. The van der Waals surface area contributed by atoms with E-state index in [0.717, 1.165) is 42.9 Å². The minimum absolute atomic E-state index is 0.572. The first-order valence-electron chi connectivity index (χ1n) is 7.40. The second-order valence-corrected chi connectivity index (χ2v) is 5.44. The van der Waals surface area contributed by atoms with Gasteiger partial charge in [-0.1, -0.05) is 6.92 Å². The molecule has 3 heterocycles. The lowest BCUT2D eigenvalue weighted by atomic mass is 10.2. The molecule has 108 valence electrons. The normalized spacial score (nSPS) is 18.8. The van der Waals surface area contributed by atoms with Gasteiger partial charge in [-0.2, -0.15) is 5.10 Å². The summed E-state index contributed by atoms with van der Waals surface area (Å²) in [6.07, 6.45) is 7.15. The molecule has 6 heteroatoms. The molecule has 0 aliphatic carbocycles. The van der Waals surface area contributed by atoms with Gasteiger partial charge in [0, 0.05) is 26.2 Å². The Morgan fingerprint density at radius 1 is 1.45 bits per heavy atom. The summed E-state index contributed by atoms with van der Waals surface area (Å²) in [5.74, 6) is 1.01. The van der Waals surface area contributed by atoms with Crippen molar-refractivity contribution in [2.75, 3.05) is 24.5 Å². The van der Waals surface area contributed by atoms with Crippen LogP contribution in [0, 0.1) is 0 Å². The molecule has 1 aliphatic rings. The highest BCUT2D eigenvalue weighted by Gasteiger charge is 2.20. The van der Waals surface area contributed by atoms with Crippen LogP contribution in [0.25, 0.3) is 11.0 Å². The fraction of sp³-hybridized carbons (Fsp3) is 0.643. The summed E-state index contributed by atoms with van der Waals surface area (Å²) in [5, 5.41) is 8.91. The van der Waals surface area contributed by atoms with Gasteiger partial charge in [-0.15, -0.1) is 0 Å². The van der Waals surface area contributed by atoms with Crippen LogP contribution in [0.2, 0.25) is 0 Å². The molecule has 3 rings (SSSR count). The Morgan fingerprint density at radius 2 is 2.35 bits per heavy atom. The highest BCUT2D eigenvalue weighted by Crippen LogP contribution is 2.23. The first-order valence-corrected chi connectivity index (χ1v) is 7.40. The molecule has 0 spiro atoms. The van der Waals surface area contributed by atoms with Gasteiger partial charge in [-0.25, -0.2) is 9.97 Å². The molecule has 20 heavy (non-hydrogen) atoms. The minimum Gasteiger partial charge on any atom is -0.354 e. The SMILES string of the molecule is CCCN(CC1CCCN1)c1ncnc2c1cnn2C. The molecular weight excluding hydrogens is 252 g/mol. The number of aryl methyl sites for hydroxylation is 1. The van der Waals surface area contributed by atoms with E-state index in [4.69, 9.17) is 0 Å². The molecule has 2 aromatic rings. The Hall–Kier alpha value is -1.69. The molecule has 0 aromatic carbocycles. The van der Waals surface area contributed by atoms with E-state index < -0.39 is 0 Å². The number of rotatable bonds is 5. The summed E-state index contributed by atoms with van der Waals surface area (Å²) in [7, 11) is 1.92. The number of hydrogen-bond donors (Lipinski definition) is 1. The summed E-state index contributed by atoms with van der Waals surface area (Å²) < 4.78 is 1.80. The third kappa shape index (κ3) is 2.47. The van der Waals surface area contributed by atoms with Gasteiger partial charge in [0.1, 0.15) is 12.1 Å². The summed E-state index contributed by atoms with van der Waals surface area (Å²) in [5.41, 5.74) is 0.899. The molecule has 1 saturated heterocycles. The summed E-state index contributed by atoms with van der Waals surface area (Å²) >= 11 is 0. The standard InChI is InChI=1S/C14H22N6/c1-3-7-20(9-11-5-4-6-15-11)14-12-8-18-19(2)13(12)16-10-17-14/h8,10-11,15H,3-7,9H2,1-2H3. The van der Waals surface area contributed by atoms with E-state index in [1.807, 2.05) is 13.2 Å². The first-order chi connectivity index (χ1) is 9.79. The van der Waals surface area contributed by atoms with Crippen molar-refractivity contribution in [1.29, 1.82) is 0 Å². The molecule has 0 bridgehead atoms. The maximum Gasteiger partial charge on any atom is 0.163 e. The predicted molar refractivity (Wildman–Crippen MR) is 79.8 cm³/mol. The average Bonchev–Trinajstić information content (AvgIpc) is 3.09. The average molecular weight is 274 g/mol. The number of fused-ring (bicyclic) bond motifs is 1. The van der Waals surface area contributed by atoms with E-state index in [9.17, 15) is 0 Å². The van der Waals surface area contributed by atoms with Gasteiger partial charge in [0.25, 0.3) is 0 Å². The zero-order valence-electron chi connectivity index (χ0n) is 12.2. The third-order valence-corrected chi connectivity index (χ3v) is 3.90. The number of anilines is 1. The molecule has 0 saturated carbocycles. The Bertz CT molecular complexity index is 572. The fourth-order valence-corrected chi connectivity index (χ4v) is 2.93. The summed E-state index contributed by atoms with van der Waals surface area (Å²) in [6.45, 7) is 5.36. The molecule has 1 fully saturated rings. The predicted octanol–water partition coefficient (Wildman–Crippen LogP) is 1.33. The van der Waals surface area contributed by atoms with Crippen LogP contribution in [0.3, 0.4) is 0 Å².